The van der Waals surface area contributed by atoms with Crippen LogP contribution in [0.1, 0.15) is 16.8 Å². The van der Waals surface area contributed by atoms with Crippen molar-refractivity contribution in [3.05, 3.63) is 41.0 Å². The number of furan rings is 1. The summed E-state index contributed by atoms with van der Waals surface area (Å²) < 4.78 is 5.02. The summed E-state index contributed by atoms with van der Waals surface area (Å²) in [7, 11) is 1.98. The lowest BCUT2D eigenvalue weighted by molar-refractivity contribution is -0.123. The van der Waals surface area contributed by atoms with Crippen LogP contribution in [-0.4, -0.2) is 60.4 Å². The maximum absolute atomic E-state index is 12.6. The summed E-state index contributed by atoms with van der Waals surface area (Å²) in [6.45, 7) is 2.32. The monoisotopic (exact) mass is 345 g/mol. The van der Waals surface area contributed by atoms with Gasteiger partial charge in [-0.2, -0.15) is 11.3 Å². The molecule has 1 spiro atoms. The topological polar surface area (TPSA) is 57.0 Å². The van der Waals surface area contributed by atoms with Gasteiger partial charge in [-0.05, 0) is 31.0 Å². The van der Waals surface area contributed by atoms with Crippen molar-refractivity contribution in [3.63, 3.8) is 0 Å². The van der Waals surface area contributed by atoms with Gasteiger partial charge in [0.15, 0.2) is 0 Å². The summed E-state index contributed by atoms with van der Waals surface area (Å²) >= 11 is 1.59. The van der Waals surface area contributed by atoms with Gasteiger partial charge in [0.2, 0.25) is 5.91 Å². The second-order valence-electron chi connectivity index (χ2n) is 6.53. The van der Waals surface area contributed by atoms with E-state index in [1.165, 1.54) is 12.5 Å². The van der Waals surface area contributed by atoms with Gasteiger partial charge >= 0.3 is 0 Å². The first-order chi connectivity index (χ1) is 11.6. The zero-order chi connectivity index (χ0) is 16.7. The van der Waals surface area contributed by atoms with Gasteiger partial charge in [-0.15, -0.1) is 0 Å². The molecule has 0 aliphatic carbocycles. The smallest absolute Gasteiger partial charge is 0.257 e. The van der Waals surface area contributed by atoms with E-state index < -0.39 is 0 Å². The Balaban J connectivity index is 1.56. The zero-order valence-corrected chi connectivity index (χ0v) is 14.3. The largest absolute Gasteiger partial charge is 0.472 e. The summed E-state index contributed by atoms with van der Waals surface area (Å²) in [6.07, 6.45) is 3.86. The number of carbonyl (C=O) groups excluding carboxylic acids is 2. The number of likely N-dealkylation sites (N-methyl/N-ethyl adjacent to an activating group) is 1. The summed E-state index contributed by atoms with van der Waals surface area (Å²) in [4.78, 5) is 30.9. The van der Waals surface area contributed by atoms with Crippen LogP contribution in [0.5, 0.6) is 0 Å². The fourth-order valence-corrected chi connectivity index (χ4v) is 4.29. The van der Waals surface area contributed by atoms with Gasteiger partial charge in [-0.3, -0.25) is 14.5 Å². The molecular formula is C17H19N3O3S. The molecule has 2 aliphatic rings. The van der Waals surface area contributed by atoms with Crippen molar-refractivity contribution in [3.8, 4) is 0 Å². The first-order valence-corrected chi connectivity index (χ1v) is 8.89. The third-order valence-corrected chi connectivity index (χ3v) is 5.81. The number of amides is 2. The van der Waals surface area contributed by atoms with Crippen LogP contribution in [0, 0.1) is 0 Å². The van der Waals surface area contributed by atoms with E-state index in [2.05, 4.69) is 4.90 Å². The van der Waals surface area contributed by atoms with E-state index in [0.717, 1.165) is 12.1 Å². The number of nitrogens with zero attached hydrogens (tertiary/aromatic N) is 3. The van der Waals surface area contributed by atoms with Crippen molar-refractivity contribution in [2.75, 3.05) is 38.1 Å². The molecule has 2 fully saturated rings. The minimum Gasteiger partial charge on any atom is -0.472 e. The lowest BCUT2D eigenvalue weighted by atomic mass is 9.93. The Hall–Kier alpha value is -2.12. The molecular weight excluding hydrogens is 326 g/mol. The Morgan fingerprint density at radius 2 is 2.21 bits per heavy atom. The first-order valence-electron chi connectivity index (χ1n) is 7.94. The molecule has 24 heavy (non-hydrogen) atoms. The maximum atomic E-state index is 12.6. The van der Waals surface area contributed by atoms with E-state index in [4.69, 9.17) is 4.42 Å². The van der Waals surface area contributed by atoms with Gasteiger partial charge in [0.05, 0.1) is 29.6 Å². The molecule has 0 N–H and O–H groups in total. The number of hydrogen-bond donors (Lipinski definition) is 0. The van der Waals surface area contributed by atoms with Gasteiger partial charge in [0.25, 0.3) is 5.91 Å². The number of likely N-dealkylation sites (tertiary alicyclic amines) is 1. The quantitative estimate of drug-likeness (QED) is 0.834. The van der Waals surface area contributed by atoms with E-state index in [0.29, 0.717) is 31.7 Å². The van der Waals surface area contributed by atoms with Crippen LogP contribution in [0.2, 0.25) is 0 Å². The van der Waals surface area contributed by atoms with Crippen molar-refractivity contribution in [2.24, 2.45) is 0 Å². The van der Waals surface area contributed by atoms with Gasteiger partial charge in [-0.1, -0.05) is 0 Å². The van der Waals surface area contributed by atoms with E-state index in [1.54, 1.807) is 17.4 Å². The van der Waals surface area contributed by atoms with E-state index in [9.17, 15) is 9.59 Å². The summed E-state index contributed by atoms with van der Waals surface area (Å²) in [6, 6.07) is 3.67. The average molecular weight is 345 g/mol. The highest BCUT2D eigenvalue weighted by Gasteiger charge is 2.48. The second-order valence-corrected chi connectivity index (χ2v) is 7.31. The van der Waals surface area contributed by atoms with Gasteiger partial charge in [0, 0.05) is 25.0 Å². The highest BCUT2D eigenvalue weighted by Crippen LogP contribution is 2.34. The molecule has 2 saturated heterocycles. The predicted molar refractivity (Wildman–Crippen MR) is 91.3 cm³/mol. The fourth-order valence-electron chi connectivity index (χ4n) is 3.64. The molecule has 2 aromatic heterocycles. The molecule has 1 unspecified atom stereocenters. The number of rotatable bonds is 2. The second kappa shape index (κ2) is 5.75. The van der Waals surface area contributed by atoms with Crippen molar-refractivity contribution < 1.29 is 14.0 Å². The van der Waals surface area contributed by atoms with Crippen LogP contribution in [0.4, 0.5) is 5.69 Å². The maximum Gasteiger partial charge on any atom is 0.257 e. The molecule has 2 aliphatic heterocycles. The number of hydrogen-bond acceptors (Lipinski definition) is 5. The van der Waals surface area contributed by atoms with Crippen LogP contribution in [0.15, 0.2) is 39.8 Å². The molecule has 2 amide bonds. The molecule has 1 atom stereocenters. The zero-order valence-electron chi connectivity index (χ0n) is 13.5. The Morgan fingerprint density at radius 3 is 2.92 bits per heavy atom. The Morgan fingerprint density at radius 1 is 1.33 bits per heavy atom. The van der Waals surface area contributed by atoms with Gasteiger partial charge in [-0.25, -0.2) is 0 Å². The van der Waals surface area contributed by atoms with Crippen molar-refractivity contribution in [1.82, 2.24) is 9.80 Å². The number of thiophene rings is 1. The Bertz CT molecular complexity index is 743. The Kier molecular flexibility index (Phi) is 3.69. The molecule has 0 radical (unpaired) electrons. The fraction of sp³-hybridized carbons (Fsp3) is 0.412. The molecule has 126 valence electrons. The van der Waals surface area contributed by atoms with Crippen LogP contribution in [0.25, 0.3) is 0 Å². The summed E-state index contributed by atoms with van der Waals surface area (Å²) in [5, 5.41) is 3.98. The molecule has 7 heteroatoms. The molecule has 4 rings (SSSR count). The summed E-state index contributed by atoms with van der Waals surface area (Å²) in [5.74, 6) is 0.106. The lowest BCUT2D eigenvalue weighted by Crippen LogP contribution is -2.64. The molecule has 0 saturated carbocycles. The third kappa shape index (κ3) is 2.44. The van der Waals surface area contributed by atoms with Crippen LogP contribution in [-0.2, 0) is 4.79 Å². The number of carbonyl (C=O) groups is 2. The van der Waals surface area contributed by atoms with E-state index in [1.807, 2.05) is 33.7 Å². The highest BCUT2D eigenvalue weighted by atomic mass is 32.1. The number of piperazine rings is 1. The molecule has 0 aromatic carbocycles. The molecule has 2 aromatic rings. The standard InChI is InChI=1S/C17H19N3O3S/c1-18-8-15(21)20(14-3-7-24-10-14)12-17(18)4-5-19(11-17)16(22)13-2-6-23-9-13/h2-3,6-7,9-10H,4-5,8,11-12H2,1H3. The molecule has 0 bridgehead atoms. The first kappa shape index (κ1) is 15.4. The molecule has 4 heterocycles. The minimum absolute atomic E-state index is 0.00647. The van der Waals surface area contributed by atoms with E-state index in [-0.39, 0.29) is 17.4 Å². The van der Waals surface area contributed by atoms with Crippen molar-refractivity contribution in [1.29, 1.82) is 0 Å². The third-order valence-electron chi connectivity index (χ3n) is 5.14. The molecule has 6 nitrogen and oxygen atoms in total. The van der Waals surface area contributed by atoms with Crippen LogP contribution < -0.4 is 4.90 Å². The minimum atomic E-state index is -0.185. The van der Waals surface area contributed by atoms with Gasteiger partial charge in [0.1, 0.15) is 6.26 Å². The normalized spacial score (nSPS) is 25.0. The predicted octanol–water partition coefficient (Wildman–Crippen LogP) is 1.90. The lowest BCUT2D eigenvalue weighted by Gasteiger charge is -2.46. The van der Waals surface area contributed by atoms with Crippen molar-refractivity contribution >= 4 is 28.8 Å². The average Bonchev–Trinajstić information content (AvgIpc) is 3.32. The highest BCUT2D eigenvalue weighted by molar-refractivity contribution is 7.08. The number of anilines is 1. The van der Waals surface area contributed by atoms with E-state index >= 15 is 0 Å². The summed E-state index contributed by atoms with van der Waals surface area (Å²) in [5.41, 5.74) is 1.35. The van der Waals surface area contributed by atoms with Crippen LogP contribution >= 0.6 is 11.3 Å². The van der Waals surface area contributed by atoms with Crippen molar-refractivity contribution in [2.45, 2.75) is 12.0 Å². The Labute approximate surface area is 144 Å². The van der Waals surface area contributed by atoms with Crippen LogP contribution in [0.3, 0.4) is 0 Å². The van der Waals surface area contributed by atoms with Gasteiger partial charge < -0.3 is 14.2 Å². The SMILES string of the molecule is CN1CC(=O)N(c2ccsc2)CC12CCN(C(=O)c1ccoc1)C2.